The zero-order valence-corrected chi connectivity index (χ0v) is 65.7. The Hall–Kier alpha value is -1.94. The van der Waals surface area contributed by atoms with E-state index in [0.29, 0.717) is 25.7 Å². The van der Waals surface area contributed by atoms with Crippen LogP contribution in [0.3, 0.4) is 0 Å². The summed E-state index contributed by atoms with van der Waals surface area (Å²) in [6.45, 7) is 7.27. The summed E-state index contributed by atoms with van der Waals surface area (Å²) in [6, 6.07) is 0. The van der Waals surface area contributed by atoms with Gasteiger partial charge in [0.2, 0.25) is 0 Å². The molecule has 0 heterocycles. The van der Waals surface area contributed by atoms with E-state index in [1.165, 1.54) is 244 Å². The topological polar surface area (TPSA) is 237 Å². The van der Waals surface area contributed by atoms with E-state index in [1.54, 1.807) is 0 Å². The number of carbonyl (C=O) groups excluding carboxylic acids is 4. The summed E-state index contributed by atoms with van der Waals surface area (Å²) < 4.78 is 68.6. The number of esters is 4. The van der Waals surface area contributed by atoms with E-state index >= 15 is 0 Å². The van der Waals surface area contributed by atoms with Crippen molar-refractivity contribution >= 4 is 39.5 Å². The molecule has 98 heavy (non-hydrogen) atoms. The van der Waals surface area contributed by atoms with Gasteiger partial charge in [0.15, 0.2) is 12.2 Å². The van der Waals surface area contributed by atoms with Gasteiger partial charge in [-0.05, 0) is 31.6 Å². The molecule has 0 rings (SSSR count). The highest BCUT2D eigenvalue weighted by atomic mass is 31.2. The van der Waals surface area contributed by atoms with Crippen LogP contribution in [0.1, 0.15) is 420 Å². The quantitative estimate of drug-likeness (QED) is 0.0222. The minimum absolute atomic E-state index is 0.106. The lowest BCUT2D eigenvalue weighted by Crippen LogP contribution is -2.30. The summed E-state index contributed by atoms with van der Waals surface area (Å²) in [5.74, 6) is -1.37. The highest BCUT2D eigenvalue weighted by Crippen LogP contribution is 2.45. The van der Waals surface area contributed by atoms with E-state index in [9.17, 15) is 43.2 Å². The first-order valence-electron chi connectivity index (χ1n) is 41.1. The molecule has 0 spiro atoms. The van der Waals surface area contributed by atoms with Crippen LogP contribution in [0, 0.1) is 5.92 Å². The van der Waals surface area contributed by atoms with Crippen molar-refractivity contribution in [3.8, 4) is 0 Å². The molecule has 0 aliphatic rings. The summed E-state index contributed by atoms with van der Waals surface area (Å²) in [6.07, 6.45) is 62.6. The number of hydrogen-bond acceptors (Lipinski definition) is 15. The Morgan fingerprint density at radius 3 is 0.694 bits per heavy atom. The number of carbonyl (C=O) groups is 4. The normalized spacial score (nSPS) is 13.9. The minimum Gasteiger partial charge on any atom is -0.462 e. The van der Waals surface area contributed by atoms with Crippen LogP contribution in [-0.2, 0) is 65.4 Å². The lowest BCUT2D eigenvalue weighted by atomic mass is 10.0. The Labute approximate surface area is 600 Å². The summed E-state index contributed by atoms with van der Waals surface area (Å²) in [4.78, 5) is 72.9. The Morgan fingerprint density at radius 1 is 0.276 bits per heavy atom. The first-order valence-corrected chi connectivity index (χ1v) is 44.1. The summed E-state index contributed by atoms with van der Waals surface area (Å²) in [7, 11) is -9.91. The third-order valence-corrected chi connectivity index (χ3v) is 20.4. The number of aliphatic hydroxyl groups is 1. The number of hydrogen-bond donors (Lipinski definition) is 3. The van der Waals surface area contributed by atoms with E-state index in [0.717, 1.165) is 95.8 Å². The van der Waals surface area contributed by atoms with Gasteiger partial charge in [0.25, 0.3) is 0 Å². The minimum atomic E-state index is -4.96. The maximum absolute atomic E-state index is 13.1. The van der Waals surface area contributed by atoms with Crippen LogP contribution in [0.4, 0.5) is 0 Å². The van der Waals surface area contributed by atoms with Crippen molar-refractivity contribution in [3.05, 3.63) is 0 Å². The molecule has 5 atom stereocenters. The molecule has 0 aliphatic carbocycles. The molecular formula is C79H154O17P2. The summed E-state index contributed by atoms with van der Waals surface area (Å²) in [5, 5.41) is 10.6. The van der Waals surface area contributed by atoms with Crippen LogP contribution in [0.15, 0.2) is 0 Å². The first-order chi connectivity index (χ1) is 47.5. The van der Waals surface area contributed by atoms with E-state index in [2.05, 4.69) is 34.6 Å². The van der Waals surface area contributed by atoms with Crippen molar-refractivity contribution < 1.29 is 80.2 Å². The van der Waals surface area contributed by atoms with Crippen LogP contribution in [0.25, 0.3) is 0 Å². The zero-order chi connectivity index (χ0) is 71.9. The fraction of sp³-hybridized carbons (Fsp3) is 0.949. The molecule has 0 aromatic rings. The van der Waals surface area contributed by atoms with Crippen LogP contribution < -0.4 is 0 Å². The van der Waals surface area contributed by atoms with Crippen LogP contribution >= 0.6 is 15.6 Å². The monoisotopic (exact) mass is 1440 g/mol. The fourth-order valence-electron chi connectivity index (χ4n) is 12.2. The van der Waals surface area contributed by atoms with Gasteiger partial charge in [-0.1, -0.05) is 369 Å². The first kappa shape index (κ1) is 96.1. The lowest BCUT2D eigenvalue weighted by Gasteiger charge is -2.21. The maximum Gasteiger partial charge on any atom is 0.472 e. The molecule has 0 bridgehead atoms. The SMILES string of the molecule is CCCCCCCCCCCCCCCCCCCCCCC(=O)O[C@H](COC(=O)CCCCCCCCCCCCCCCCCCC)COP(=O)(O)OC[C@@H](O)COP(=O)(O)OC[C@@H](COC(=O)CCCCCCCCCCC)OC(=O)CCCCCCCCCCCC(C)C. The van der Waals surface area contributed by atoms with Crippen molar-refractivity contribution in [2.24, 2.45) is 5.92 Å². The van der Waals surface area contributed by atoms with Gasteiger partial charge in [-0.15, -0.1) is 0 Å². The molecule has 0 aromatic heterocycles. The van der Waals surface area contributed by atoms with Gasteiger partial charge in [-0.2, -0.15) is 0 Å². The number of aliphatic hydroxyl groups excluding tert-OH is 1. The van der Waals surface area contributed by atoms with Gasteiger partial charge in [0.1, 0.15) is 19.3 Å². The molecule has 0 aliphatic heterocycles. The van der Waals surface area contributed by atoms with Crippen LogP contribution in [0.5, 0.6) is 0 Å². The second kappa shape index (κ2) is 72.0. The molecule has 0 saturated heterocycles. The predicted octanol–water partition coefficient (Wildman–Crippen LogP) is 23.6. The van der Waals surface area contributed by atoms with Gasteiger partial charge in [0.05, 0.1) is 26.4 Å². The molecule has 0 fully saturated rings. The predicted molar refractivity (Wildman–Crippen MR) is 400 cm³/mol. The van der Waals surface area contributed by atoms with Crippen molar-refractivity contribution in [1.29, 1.82) is 0 Å². The van der Waals surface area contributed by atoms with Gasteiger partial charge < -0.3 is 33.8 Å². The molecule has 0 radical (unpaired) electrons. The van der Waals surface area contributed by atoms with Crippen molar-refractivity contribution in [3.63, 3.8) is 0 Å². The molecule has 17 nitrogen and oxygen atoms in total. The van der Waals surface area contributed by atoms with Crippen LogP contribution in [0.2, 0.25) is 0 Å². The fourth-order valence-corrected chi connectivity index (χ4v) is 13.8. The third kappa shape index (κ3) is 72.4. The Kier molecular flexibility index (Phi) is 70.6. The van der Waals surface area contributed by atoms with E-state index < -0.39 is 97.5 Å². The molecule has 19 heteroatoms. The maximum atomic E-state index is 13.1. The molecular weight excluding hydrogens is 1280 g/mol. The molecule has 0 aromatic carbocycles. The van der Waals surface area contributed by atoms with E-state index in [-0.39, 0.29) is 25.7 Å². The zero-order valence-electron chi connectivity index (χ0n) is 63.9. The molecule has 582 valence electrons. The summed E-state index contributed by atoms with van der Waals surface area (Å²) in [5.41, 5.74) is 0. The van der Waals surface area contributed by atoms with Gasteiger partial charge >= 0.3 is 39.5 Å². The standard InChI is InChI=1S/C79H154O17P2/c1-6-9-12-15-18-21-23-25-27-29-30-31-33-35-37-39-44-49-54-59-64-78(83)95-75(69-90-77(82)63-58-53-48-43-38-36-34-32-28-26-24-22-19-16-13-10-7-2)71-94-98(87,88)92-67-73(80)66-91-97(85,86)93-70-74(68-89-76(81)62-57-52-47-41-20-17-14-11-8-3)96-79(84)65-60-55-50-45-40-42-46-51-56-61-72(4)5/h72-75,80H,6-71H2,1-5H3,(H,85,86)(H,87,88)/t73-,74+,75+/m0/s1. The second-order valence-corrected chi connectivity index (χ2v) is 31.8. The van der Waals surface area contributed by atoms with Crippen LogP contribution in [-0.4, -0.2) is 96.7 Å². The van der Waals surface area contributed by atoms with Crippen molar-refractivity contribution in [2.45, 2.75) is 438 Å². The lowest BCUT2D eigenvalue weighted by molar-refractivity contribution is -0.161. The number of ether oxygens (including phenoxy) is 4. The van der Waals surface area contributed by atoms with E-state index in [4.69, 9.17) is 37.0 Å². The Balaban J connectivity index is 5.20. The number of phosphoric acid groups is 2. The molecule has 0 saturated carbocycles. The highest BCUT2D eigenvalue weighted by Gasteiger charge is 2.30. The van der Waals surface area contributed by atoms with Crippen molar-refractivity contribution in [2.75, 3.05) is 39.6 Å². The summed E-state index contributed by atoms with van der Waals surface area (Å²) >= 11 is 0. The smallest absolute Gasteiger partial charge is 0.462 e. The van der Waals surface area contributed by atoms with Gasteiger partial charge in [-0.25, -0.2) is 9.13 Å². The molecule has 2 unspecified atom stereocenters. The molecule has 0 amide bonds. The Bertz CT molecular complexity index is 1870. The van der Waals surface area contributed by atoms with Gasteiger partial charge in [-0.3, -0.25) is 37.3 Å². The highest BCUT2D eigenvalue weighted by molar-refractivity contribution is 7.47. The number of rotatable bonds is 79. The Morgan fingerprint density at radius 2 is 0.469 bits per heavy atom. The van der Waals surface area contributed by atoms with Crippen molar-refractivity contribution in [1.82, 2.24) is 0 Å². The average Bonchev–Trinajstić information content (AvgIpc) is 1.70. The number of unbranched alkanes of at least 4 members (excludes halogenated alkanes) is 51. The molecule has 3 N–H and O–H groups in total. The largest absolute Gasteiger partial charge is 0.472 e. The average molecular weight is 1440 g/mol. The van der Waals surface area contributed by atoms with Gasteiger partial charge in [0, 0.05) is 25.7 Å². The third-order valence-electron chi connectivity index (χ3n) is 18.5. The number of phosphoric ester groups is 2. The second-order valence-electron chi connectivity index (χ2n) is 28.9. The van der Waals surface area contributed by atoms with E-state index in [1.807, 2.05) is 0 Å².